The molecule has 0 aliphatic heterocycles. The molecule has 0 saturated heterocycles. The van der Waals surface area contributed by atoms with Crippen LogP contribution in [0.15, 0.2) is 17.5 Å². The molecule has 0 spiro atoms. The molecule has 3 heteroatoms. The predicted molar refractivity (Wildman–Crippen MR) is 44.7 cm³/mol. The van der Waals surface area contributed by atoms with Crippen molar-refractivity contribution in [1.29, 1.82) is 0 Å². The van der Waals surface area contributed by atoms with E-state index in [0.717, 1.165) is 4.34 Å². The van der Waals surface area contributed by atoms with E-state index < -0.39 is 0 Å². The molecule has 0 aliphatic carbocycles. The van der Waals surface area contributed by atoms with Gasteiger partial charge < -0.3 is 0 Å². The van der Waals surface area contributed by atoms with Gasteiger partial charge in [-0.05, 0) is 17.5 Å². The molecule has 0 N–H and O–H groups in total. The number of halogens is 1. The fourth-order valence-electron chi connectivity index (χ4n) is 0.736. The highest BCUT2D eigenvalue weighted by Crippen LogP contribution is 2.32. The average molecular weight is 175 g/mol. The van der Waals surface area contributed by atoms with Crippen molar-refractivity contribution in [3.63, 3.8) is 0 Å². The van der Waals surface area contributed by atoms with Crippen LogP contribution in [-0.4, -0.2) is 0 Å². The molecule has 0 radical (unpaired) electrons. The van der Waals surface area contributed by atoms with E-state index in [2.05, 4.69) is 11.4 Å². The number of rotatable bonds is 0. The quantitative estimate of drug-likeness (QED) is 0.573. The third-order valence-corrected chi connectivity index (χ3v) is 3.33. The second kappa shape index (κ2) is 1.97. The van der Waals surface area contributed by atoms with Crippen molar-refractivity contribution >= 4 is 43.7 Å². The summed E-state index contributed by atoms with van der Waals surface area (Å²) in [7, 11) is 0. The van der Waals surface area contributed by atoms with Crippen LogP contribution in [0.3, 0.4) is 0 Å². The molecule has 0 saturated carbocycles. The largest absolute Gasteiger partial charge is 0.143 e. The van der Waals surface area contributed by atoms with E-state index in [4.69, 9.17) is 11.6 Å². The summed E-state index contributed by atoms with van der Waals surface area (Å²) in [4.78, 5) is 0. The Morgan fingerprint density at radius 3 is 3.00 bits per heavy atom. The molecule has 0 nitrogen and oxygen atoms in total. The van der Waals surface area contributed by atoms with Gasteiger partial charge in [0.2, 0.25) is 0 Å². The minimum atomic E-state index is 0.886. The molecule has 0 aromatic carbocycles. The lowest BCUT2D eigenvalue weighted by molar-refractivity contribution is 2.22. The number of fused-ring (bicyclic) bond motifs is 1. The predicted octanol–water partition coefficient (Wildman–Crippen LogP) is 3.62. The van der Waals surface area contributed by atoms with Crippen LogP contribution in [0.2, 0.25) is 4.34 Å². The zero-order chi connectivity index (χ0) is 6.27. The highest BCUT2D eigenvalue weighted by atomic mass is 35.5. The number of hydrogen-bond donors (Lipinski definition) is 0. The Morgan fingerprint density at radius 1 is 1.33 bits per heavy atom. The van der Waals surface area contributed by atoms with Gasteiger partial charge in [0, 0.05) is 9.40 Å². The Labute approximate surface area is 65.7 Å². The van der Waals surface area contributed by atoms with Crippen molar-refractivity contribution in [2.24, 2.45) is 0 Å². The van der Waals surface area contributed by atoms with Crippen molar-refractivity contribution < 1.29 is 0 Å². The van der Waals surface area contributed by atoms with E-state index in [1.54, 1.807) is 22.7 Å². The Bertz CT molecular complexity index is 292. The van der Waals surface area contributed by atoms with Crippen LogP contribution in [0.25, 0.3) is 9.40 Å². The van der Waals surface area contributed by atoms with Crippen LogP contribution in [0.5, 0.6) is 0 Å². The van der Waals surface area contributed by atoms with Crippen LogP contribution in [0.1, 0.15) is 0 Å². The van der Waals surface area contributed by atoms with Gasteiger partial charge in [0.25, 0.3) is 0 Å². The van der Waals surface area contributed by atoms with Crippen LogP contribution in [-0.2, 0) is 0 Å². The minimum Gasteiger partial charge on any atom is -0.143 e. The van der Waals surface area contributed by atoms with E-state index in [9.17, 15) is 0 Å². The fourth-order valence-corrected chi connectivity index (χ4v) is 2.99. The number of hydrogen-bond acceptors (Lipinski definition) is 2. The molecule has 2 aromatic heterocycles. The maximum Gasteiger partial charge on any atom is 0.0949 e. The average Bonchev–Trinajstić information content (AvgIpc) is 2.22. The normalized spacial score (nSPS) is 10.8. The molecular formula is C6H3ClS2. The van der Waals surface area contributed by atoms with Crippen LogP contribution >= 0.6 is 34.3 Å². The smallest absolute Gasteiger partial charge is 0.0949 e. The van der Waals surface area contributed by atoms with Gasteiger partial charge in [0.1, 0.15) is 0 Å². The molecule has 2 aromatic rings. The van der Waals surface area contributed by atoms with Crippen LogP contribution in [0.4, 0.5) is 0 Å². The second-order valence-electron chi connectivity index (χ2n) is 1.70. The van der Waals surface area contributed by atoms with Gasteiger partial charge in [0.15, 0.2) is 0 Å². The SMILES string of the molecule is Clc1cc2sccc2s1. The summed E-state index contributed by atoms with van der Waals surface area (Å²) in [5.41, 5.74) is 0. The summed E-state index contributed by atoms with van der Waals surface area (Å²) in [6, 6.07) is 4.10. The van der Waals surface area contributed by atoms with Crippen molar-refractivity contribution in [1.82, 2.24) is 0 Å². The molecule has 0 unspecified atom stereocenters. The highest BCUT2D eigenvalue weighted by molar-refractivity contribution is 7.28. The molecule has 9 heavy (non-hydrogen) atoms. The maximum atomic E-state index is 5.75. The molecule has 0 fully saturated rings. The first-order chi connectivity index (χ1) is 4.36. The first-order valence-corrected chi connectivity index (χ1v) is 4.56. The van der Waals surface area contributed by atoms with Gasteiger partial charge >= 0.3 is 0 Å². The molecule has 0 aliphatic rings. The molecule has 2 rings (SSSR count). The highest BCUT2D eigenvalue weighted by Gasteiger charge is 1.97. The van der Waals surface area contributed by atoms with E-state index >= 15 is 0 Å². The van der Waals surface area contributed by atoms with E-state index in [-0.39, 0.29) is 0 Å². The van der Waals surface area contributed by atoms with Gasteiger partial charge in [-0.25, -0.2) is 0 Å². The van der Waals surface area contributed by atoms with Gasteiger partial charge in [-0.3, -0.25) is 0 Å². The molecule has 2 heterocycles. The van der Waals surface area contributed by atoms with Crippen molar-refractivity contribution in [3.05, 3.63) is 21.8 Å². The molecule has 0 atom stereocenters. The summed E-state index contributed by atoms with van der Waals surface area (Å²) in [5.74, 6) is 0. The first kappa shape index (κ1) is 5.71. The molecular weight excluding hydrogens is 172 g/mol. The topological polar surface area (TPSA) is 0 Å². The van der Waals surface area contributed by atoms with Crippen molar-refractivity contribution in [2.45, 2.75) is 0 Å². The monoisotopic (exact) mass is 174 g/mol. The lowest BCUT2D eigenvalue weighted by atomic mass is 10.5. The summed E-state index contributed by atoms with van der Waals surface area (Å²) in [6.45, 7) is 0. The lowest BCUT2D eigenvalue weighted by Crippen LogP contribution is -1.34. The summed E-state index contributed by atoms with van der Waals surface area (Å²) < 4.78 is 3.48. The molecule has 46 valence electrons. The Morgan fingerprint density at radius 2 is 2.22 bits per heavy atom. The fraction of sp³-hybridized carbons (Fsp3) is 0. The Balaban J connectivity index is 2.92. The van der Waals surface area contributed by atoms with E-state index in [1.807, 2.05) is 6.07 Å². The van der Waals surface area contributed by atoms with Crippen LogP contribution < -0.4 is 0 Å². The summed E-state index contributed by atoms with van der Waals surface area (Å²) in [5, 5.41) is 2.08. The zero-order valence-electron chi connectivity index (χ0n) is 4.43. The number of thiophene rings is 2. The van der Waals surface area contributed by atoms with Gasteiger partial charge in [-0.15, -0.1) is 22.7 Å². The lowest BCUT2D eigenvalue weighted by Gasteiger charge is -1.66. The standard InChI is InChI=1S/C6H3ClS2/c7-6-3-5-4(9-6)1-2-8-5/h1-3H. The maximum absolute atomic E-state index is 5.75. The van der Waals surface area contributed by atoms with E-state index in [0.29, 0.717) is 0 Å². The summed E-state index contributed by atoms with van der Waals surface area (Å²) in [6.07, 6.45) is 0. The van der Waals surface area contributed by atoms with Gasteiger partial charge in [-0.1, -0.05) is 11.6 Å². The molecule has 0 bridgehead atoms. The summed E-state index contributed by atoms with van der Waals surface area (Å²) >= 11 is 9.12. The van der Waals surface area contributed by atoms with Gasteiger partial charge in [0.05, 0.1) is 4.34 Å². The first-order valence-electron chi connectivity index (χ1n) is 2.49. The zero-order valence-corrected chi connectivity index (χ0v) is 6.82. The van der Waals surface area contributed by atoms with Crippen molar-refractivity contribution in [2.75, 3.05) is 0 Å². The third-order valence-electron chi connectivity index (χ3n) is 1.11. The minimum absolute atomic E-state index is 0.886. The Kier molecular flexibility index (Phi) is 1.25. The van der Waals surface area contributed by atoms with Gasteiger partial charge in [-0.2, -0.15) is 0 Å². The Hall–Kier alpha value is -0.0500. The molecule has 0 amide bonds. The third kappa shape index (κ3) is 0.874. The van der Waals surface area contributed by atoms with Crippen LogP contribution in [0, 0.1) is 0 Å². The second-order valence-corrected chi connectivity index (χ2v) is 4.36. The van der Waals surface area contributed by atoms with E-state index in [1.165, 1.54) is 9.40 Å². The van der Waals surface area contributed by atoms with Crippen molar-refractivity contribution in [3.8, 4) is 0 Å².